The molecule has 0 unspecified atom stereocenters. The summed E-state index contributed by atoms with van der Waals surface area (Å²) in [6, 6.07) is 14.4. The van der Waals surface area contributed by atoms with Crippen molar-refractivity contribution in [3.63, 3.8) is 0 Å². The van der Waals surface area contributed by atoms with Crippen molar-refractivity contribution in [3.8, 4) is 16.2 Å². The normalized spacial score (nSPS) is 10.7. The maximum Gasteiger partial charge on any atom is 0.123 e. The molecule has 0 radical (unpaired) electrons. The topological polar surface area (TPSA) is 34.1 Å². The molecular weight excluding hydrogens is 311 g/mol. The number of nitrogens with one attached hydrogen (secondary N) is 1. The predicted octanol–water partition coefficient (Wildman–Crippen LogP) is 4.25. The van der Waals surface area contributed by atoms with E-state index in [2.05, 4.69) is 10.3 Å². The summed E-state index contributed by atoms with van der Waals surface area (Å²) in [6.07, 6.45) is 1.83. The minimum Gasteiger partial charge on any atom is -0.496 e. The Kier molecular flexibility index (Phi) is 5.00. The molecule has 0 spiro atoms. The van der Waals surface area contributed by atoms with Crippen LogP contribution in [0.1, 0.15) is 10.6 Å². The van der Waals surface area contributed by atoms with Crippen LogP contribution in [-0.4, -0.2) is 12.1 Å². The lowest BCUT2D eigenvalue weighted by Gasteiger charge is -2.08. The van der Waals surface area contributed by atoms with Gasteiger partial charge in [0.1, 0.15) is 16.6 Å². The van der Waals surface area contributed by atoms with Crippen molar-refractivity contribution in [1.29, 1.82) is 0 Å². The van der Waals surface area contributed by atoms with Gasteiger partial charge in [0, 0.05) is 24.8 Å². The minimum atomic E-state index is -0.225. The van der Waals surface area contributed by atoms with E-state index in [0.29, 0.717) is 6.54 Å². The molecule has 3 aromatic rings. The molecule has 0 amide bonds. The molecule has 3 nitrogen and oxygen atoms in total. The van der Waals surface area contributed by atoms with E-state index in [0.717, 1.165) is 33.3 Å². The van der Waals surface area contributed by atoms with Gasteiger partial charge in [0.15, 0.2) is 0 Å². The number of thiazole rings is 1. The van der Waals surface area contributed by atoms with Crippen LogP contribution in [0.2, 0.25) is 0 Å². The molecule has 0 saturated carbocycles. The van der Waals surface area contributed by atoms with Crippen molar-refractivity contribution in [1.82, 2.24) is 10.3 Å². The van der Waals surface area contributed by atoms with E-state index < -0.39 is 0 Å². The molecule has 0 saturated heterocycles. The van der Waals surface area contributed by atoms with Crippen LogP contribution in [0.25, 0.3) is 10.4 Å². The van der Waals surface area contributed by atoms with E-state index in [1.54, 1.807) is 30.6 Å². The Morgan fingerprint density at radius 3 is 2.65 bits per heavy atom. The summed E-state index contributed by atoms with van der Waals surface area (Å²) in [6.45, 7) is 1.40. The number of hydrogen-bond acceptors (Lipinski definition) is 4. The predicted molar refractivity (Wildman–Crippen MR) is 91.0 cm³/mol. The Labute approximate surface area is 138 Å². The van der Waals surface area contributed by atoms with E-state index in [9.17, 15) is 4.39 Å². The quantitative estimate of drug-likeness (QED) is 0.734. The number of halogens is 1. The van der Waals surface area contributed by atoms with E-state index in [1.165, 1.54) is 12.1 Å². The van der Waals surface area contributed by atoms with Crippen LogP contribution >= 0.6 is 11.3 Å². The van der Waals surface area contributed by atoms with Crippen LogP contribution in [-0.2, 0) is 13.1 Å². The first-order valence-electron chi connectivity index (χ1n) is 7.29. The minimum absolute atomic E-state index is 0.225. The SMILES string of the molecule is COc1ccccc1CNCc1ncc(-c2ccc(F)cc2)s1. The Balaban J connectivity index is 1.60. The molecule has 1 N–H and O–H groups in total. The zero-order valence-electron chi connectivity index (χ0n) is 12.8. The number of methoxy groups -OCH3 is 1. The van der Waals surface area contributed by atoms with E-state index in [4.69, 9.17) is 4.74 Å². The zero-order chi connectivity index (χ0) is 16.1. The number of rotatable bonds is 6. The van der Waals surface area contributed by atoms with Crippen LogP contribution in [0, 0.1) is 5.82 Å². The van der Waals surface area contributed by atoms with Crippen molar-refractivity contribution in [2.75, 3.05) is 7.11 Å². The van der Waals surface area contributed by atoms with E-state index in [1.807, 2.05) is 30.5 Å². The number of nitrogens with zero attached hydrogens (tertiary/aromatic N) is 1. The summed E-state index contributed by atoms with van der Waals surface area (Å²) in [5.74, 6) is 0.656. The molecule has 1 heterocycles. The Morgan fingerprint density at radius 2 is 1.87 bits per heavy atom. The van der Waals surface area contributed by atoms with Crippen molar-refractivity contribution in [3.05, 3.63) is 71.1 Å². The third-order valence-corrected chi connectivity index (χ3v) is 4.51. The summed E-state index contributed by atoms with van der Waals surface area (Å²) in [5.41, 5.74) is 2.10. The molecule has 23 heavy (non-hydrogen) atoms. The summed E-state index contributed by atoms with van der Waals surface area (Å²) < 4.78 is 18.3. The lowest BCUT2D eigenvalue weighted by Crippen LogP contribution is -2.13. The lowest BCUT2D eigenvalue weighted by atomic mass is 10.2. The van der Waals surface area contributed by atoms with Gasteiger partial charge in [-0.15, -0.1) is 11.3 Å². The van der Waals surface area contributed by atoms with Gasteiger partial charge in [-0.2, -0.15) is 0 Å². The third kappa shape index (κ3) is 3.94. The van der Waals surface area contributed by atoms with Crippen LogP contribution in [0.5, 0.6) is 5.75 Å². The molecule has 0 aliphatic carbocycles. The van der Waals surface area contributed by atoms with Crippen molar-refractivity contribution >= 4 is 11.3 Å². The van der Waals surface area contributed by atoms with Gasteiger partial charge in [-0.3, -0.25) is 0 Å². The largest absolute Gasteiger partial charge is 0.496 e. The van der Waals surface area contributed by atoms with Crippen LogP contribution in [0.4, 0.5) is 4.39 Å². The summed E-state index contributed by atoms with van der Waals surface area (Å²) in [4.78, 5) is 5.46. The average Bonchev–Trinajstić information content (AvgIpc) is 3.05. The van der Waals surface area contributed by atoms with Crippen molar-refractivity contribution < 1.29 is 9.13 Å². The Hall–Kier alpha value is -2.24. The van der Waals surface area contributed by atoms with E-state index in [-0.39, 0.29) is 5.82 Å². The molecule has 0 bridgehead atoms. The molecular formula is C18H17FN2OS. The smallest absolute Gasteiger partial charge is 0.123 e. The van der Waals surface area contributed by atoms with Gasteiger partial charge in [-0.25, -0.2) is 9.37 Å². The van der Waals surface area contributed by atoms with Gasteiger partial charge in [-0.05, 0) is 23.8 Å². The second-order valence-corrected chi connectivity index (χ2v) is 6.16. The zero-order valence-corrected chi connectivity index (χ0v) is 13.6. The first-order valence-corrected chi connectivity index (χ1v) is 8.11. The molecule has 0 fully saturated rings. The summed E-state index contributed by atoms with van der Waals surface area (Å²) >= 11 is 1.61. The fraction of sp³-hybridized carbons (Fsp3) is 0.167. The first-order chi connectivity index (χ1) is 11.3. The van der Waals surface area contributed by atoms with Gasteiger partial charge >= 0.3 is 0 Å². The van der Waals surface area contributed by atoms with Gasteiger partial charge in [-0.1, -0.05) is 30.3 Å². The number of benzene rings is 2. The first kappa shape index (κ1) is 15.6. The number of ether oxygens (including phenoxy) is 1. The molecule has 3 rings (SSSR count). The molecule has 0 aliphatic heterocycles. The number of para-hydroxylation sites is 1. The summed E-state index contributed by atoms with van der Waals surface area (Å²) in [5, 5.41) is 4.37. The number of hydrogen-bond donors (Lipinski definition) is 1. The monoisotopic (exact) mass is 328 g/mol. The maximum atomic E-state index is 13.0. The second-order valence-electron chi connectivity index (χ2n) is 5.04. The molecule has 2 aromatic carbocycles. The maximum absolute atomic E-state index is 13.0. The van der Waals surface area contributed by atoms with Crippen molar-refractivity contribution in [2.24, 2.45) is 0 Å². The third-order valence-electron chi connectivity index (χ3n) is 3.47. The highest BCUT2D eigenvalue weighted by atomic mass is 32.1. The van der Waals surface area contributed by atoms with Gasteiger partial charge in [0.2, 0.25) is 0 Å². The van der Waals surface area contributed by atoms with Gasteiger partial charge in [0.05, 0.1) is 12.0 Å². The highest BCUT2D eigenvalue weighted by Gasteiger charge is 2.06. The molecule has 5 heteroatoms. The lowest BCUT2D eigenvalue weighted by molar-refractivity contribution is 0.407. The Morgan fingerprint density at radius 1 is 1.09 bits per heavy atom. The fourth-order valence-corrected chi connectivity index (χ4v) is 3.19. The number of aromatic nitrogens is 1. The van der Waals surface area contributed by atoms with Crippen LogP contribution < -0.4 is 10.1 Å². The van der Waals surface area contributed by atoms with Gasteiger partial charge < -0.3 is 10.1 Å². The Bertz CT molecular complexity index is 771. The molecule has 118 valence electrons. The summed E-state index contributed by atoms with van der Waals surface area (Å²) in [7, 11) is 1.68. The van der Waals surface area contributed by atoms with Crippen LogP contribution in [0.15, 0.2) is 54.7 Å². The second kappa shape index (κ2) is 7.35. The molecule has 1 aromatic heterocycles. The average molecular weight is 328 g/mol. The highest BCUT2D eigenvalue weighted by molar-refractivity contribution is 7.15. The van der Waals surface area contributed by atoms with Gasteiger partial charge in [0.25, 0.3) is 0 Å². The molecule has 0 aliphatic rings. The standard InChI is InChI=1S/C18H17FN2OS/c1-22-16-5-3-2-4-14(16)10-20-12-18-21-11-17(23-18)13-6-8-15(19)9-7-13/h2-9,11,20H,10,12H2,1H3. The van der Waals surface area contributed by atoms with Crippen LogP contribution in [0.3, 0.4) is 0 Å². The highest BCUT2D eigenvalue weighted by Crippen LogP contribution is 2.26. The molecule has 0 atom stereocenters. The van der Waals surface area contributed by atoms with Crippen molar-refractivity contribution in [2.45, 2.75) is 13.1 Å². The fourth-order valence-electron chi connectivity index (χ4n) is 2.29. The van der Waals surface area contributed by atoms with E-state index >= 15 is 0 Å².